The second kappa shape index (κ2) is 6.72. The van der Waals surface area contributed by atoms with Crippen LogP contribution in [0.3, 0.4) is 0 Å². The summed E-state index contributed by atoms with van der Waals surface area (Å²) in [6.45, 7) is 9.60. The molecule has 114 valence electrons. The number of aryl methyl sites for hydroxylation is 1. The van der Waals surface area contributed by atoms with Gasteiger partial charge in [0.1, 0.15) is 5.75 Å². The van der Waals surface area contributed by atoms with Crippen molar-refractivity contribution in [1.82, 2.24) is 15.5 Å². The maximum Gasteiger partial charge on any atom is 0.226 e. The molecular formula is C16H23N3O2. The maximum absolute atomic E-state index is 5.64. The van der Waals surface area contributed by atoms with E-state index in [0.717, 1.165) is 18.7 Å². The predicted octanol–water partition coefficient (Wildman–Crippen LogP) is 3.10. The summed E-state index contributed by atoms with van der Waals surface area (Å²) in [7, 11) is 0. The Morgan fingerprint density at radius 2 is 1.90 bits per heavy atom. The van der Waals surface area contributed by atoms with E-state index < -0.39 is 0 Å². The molecule has 0 atom stereocenters. The molecule has 0 radical (unpaired) electrons. The molecule has 0 unspecified atom stereocenters. The SMILES string of the molecule is CCc1nc(COc2ccc(CNC(C)(C)C)cc2)no1. The van der Waals surface area contributed by atoms with Crippen LogP contribution < -0.4 is 10.1 Å². The van der Waals surface area contributed by atoms with Gasteiger partial charge < -0.3 is 14.6 Å². The van der Waals surface area contributed by atoms with Crippen molar-refractivity contribution in [2.45, 2.75) is 52.8 Å². The number of rotatable bonds is 6. The quantitative estimate of drug-likeness (QED) is 0.885. The highest BCUT2D eigenvalue weighted by Crippen LogP contribution is 2.14. The molecule has 1 aromatic carbocycles. The molecule has 1 aromatic heterocycles. The molecule has 0 amide bonds. The average molecular weight is 289 g/mol. The van der Waals surface area contributed by atoms with Crippen molar-refractivity contribution in [2.24, 2.45) is 0 Å². The van der Waals surface area contributed by atoms with E-state index in [9.17, 15) is 0 Å². The minimum atomic E-state index is 0.116. The fraction of sp³-hybridized carbons (Fsp3) is 0.500. The molecule has 0 aliphatic heterocycles. The molecule has 0 fully saturated rings. The molecule has 2 aromatic rings. The van der Waals surface area contributed by atoms with Gasteiger partial charge >= 0.3 is 0 Å². The Kier molecular flexibility index (Phi) is 4.96. The summed E-state index contributed by atoms with van der Waals surface area (Å²) in [5.74, 6) is 2.01. The van der Waals surface area contributed by atoms with Crippen molar-refractivity contribution in [3.8, 4) is 5.75 Å². The molecule has 1 N–H and O–H groups in total. The lowest BCUT2D eigenvalue weighted by Crippen LogP contribution is -2.34. The van der Waals surface area contributed by atoms with E-state index in [0.29, 0.717) is 18.3 Å². The van der Waals surface area contributed by atoms with Gasteiger partial charge in [-0.05, 0) is 38.5 Å². The van der Waals surface area contributed by atoms with E-state index in [2.05, 4.69) is 48.4 Å². The smallest absolute Gasteiger partial charge is 0.226 e. The first-order valence-corrected chi connectivity index (χ1v) is 7.24. The third-order valence-electron chi connectivity index (χ3n) is 2.93. The van der Waals surface area contributed by atoms with Gasteiger partial charge in [-0.2, -0.15) is 4.98 Å². The molecule has 2 rings (SSSR count). The van der Waals surface area contributed by atoms with Gasteiger partial charge in [-0.15, -0.1) is 0 Å². The topological polar surface area (TPSA) is 60.2 Å². The number of nitrogens with zero attached hydrogens (tertiary/aromatic N) is 2. The summed E-state index contributed by atoms with van der Waals surface area (Å²) >= 11 is 0. The molecule has 5 nitrogen and oxygen atoms in total. The lowest BCUT2D eigenvalue weighted by Gasteiger charge is -2.20. The average Bonchev–Trinajstić information content (AvgIpc) is 2.91. The highest BCUT2D eigenvalue weighted by Gasteiger charge is 2.08. The van der Waals surface area contributed by atoms with Gasteiger partial charge in [0.2, 0.25) is 11.7 Å². The Morgan fingerprint density at radius 1 is 1.19 bits per heavy atom. The molecule has 0 aliphatic rings. The van der Waals surface area contributed by atoms with Crippen LogP contribution in [-0.4, -0.2) is 15.7 Å². The fourth-order valence-electron chi connectivity index (χ4n) is 1.71. The van der Waals surface area contributed by atoms with Gasteiger partial charge in [0.05, 0.1) is 0 Å². The maximum atomic E-state index is 5.64. The lowest BCUT2D eigenvalue weighted by atomic mass is 10.1. The summed E-state index contributed by atoms with van der Waals surface area (Å²) < 4.78 is 10.7. The van der Waals surface area contributed by atoms with Crippen LogP contribution in [0.1, 0.15) is 45.0 Å². The number of benzene rings is 1. The van der Waals surface area contributed by atoms with Crippen LogP contribution in [0.25, 0.3) is 0 Å². The first-order valence-electron chi connectivity index (χ1n) is 7.24. The minimum Gasteiger partial charge on any atom is -0.485 e. The Hall–Kier alpha value is -1.88. The molecule has 0 spiro atoms. The van der Waals surface area contributed by atoms with Crippen LogP contribution in [0.2, 0.25) is 0 Å². The van der Waals surface area contributed by atoms with Crippen LogP contribution in [0.5, 0.6) is 5.75 Å². The van der Waals surface area contributed by atoms with Gasteiger partial charge in [0.15, 0.2) is 6.61 Å². The summed E-state index contributed by atoms with van der Waals surface area (Å²) in [6, 6.07) is 8.03. The molecule has 1 heterocycles. The van der Waals surface area contributed by atoms with Crippen LogP contribution >= 0.6 is 0 Å². The monoisotopic (exact) mass is 289 g/mol. The molecule has 21 heavy (non-hydrogen) atoms. The number of aromatic nitrogens is 2. The number of nitrogens with one attached hydrogen (secondary N) is 1. The largest absolute Gasteiger partial charge is 0.485 e. The second-order valence-corrected chi connectivity index (χ2v) is 5.99. The predicted molar refractivity (Wildman–Crippen MR) is 81.0 cm³/mol. The van der Waals surface area contributed by atoms with E-state index in [-0.39, 0.29) is 5.54 Å². The molecule has 0 saturated heterocycles. The van der Waals surface area contributed by atoms with Gasteiger partial charge in [-0.1, -0.05) is 24.2 Å². The Balaban J connectivity index is 1.84. The third-order valence-corrected chi connectivity index (χ3v) is 2.93. The first-order chi connectivity index (χ1) is 9.96. The van der Waals surface area contributed by atoms with Crippen LogP contribution in [0.4, 0.5) is 0 Å². The van der Waals surface area contributed by atoms with E-state index in [1.807, 2.05) is 19.1 Å². The molecule has 0 bridgehead atoms. The zero-order valence-electron chi connectivity index (χ0n) is 13.1. The fourth-order valence-corrected chi connectivity index (χ4v) is 1.71. The van der Waals surface area contributed by atoms with Crippen molar-refractivity contribution in [2.75, 3.05) is 0 Å². The Labute approximate surface area is 125 Å². The standard InChI is InChI=1S/C16H23N3O2/c1-5-15-18-14(19-21-15)11-20-13-8-6-12(7-9-13)10-17-16(2,3)4/h6-9,17H,5,10-11H2,1-4H3. The van der Waals surface area contributed by atoms with Gasteiger partial charge in [-0.3, -0.25) is 0 Å². The van der Waals surface area contributed by atoms with E-state index >= 15 is 0 Å². The summed E-state index contributed by atoms with van der Waals surface area (Å²) in [5.41, 5.74) is 1.34. The van der Waals surface area contributed by atoms with Crippen molar-refractivity contribution in [3.63, 3.8) is 0 Å². The van der Waals surface area contributed by atoms with Gasteiger partial charge in [0.25, 0.3) is 0 Å². The van der Waals surface area contributed by atoms with Crippen molar-refractivity contribution in [1.29, 1.82) is 0 Å². The number of ether oxygens (including phenoxy) is 1. The van der Waals surface area contributed by atoms with Crippen LogP contribution in [0.15, 0.2) is 28.8 Å². The van der Waals surface area contributed by atoms with Crippen molar-refractivity contribution >= 4 is 0 Å². The molecule has 5 heteroatoms. The first kappa shape index (κ1) is 15.5. The zero-order valence-corrected chi connectivity index (χ0v) is 13.1. The minimum absolute atomic E-state index is 0.116. The summed E-state index contributed by atoms with van der Waals surface area (Å²) in [6.07, 6.45) is 0.739. The number of hydrogen-bond donors (Lipinski definition) is 1. The molecule has 0 saturated carbocycles. The van der Waals surface area contributed by atoms with Crippen molar-refractivity contribution in [3.05, 3.63) is 41.5 Å². The second-order valence-electron chi connectivity index (χ2n) is 5.99. The van der Waals surface area contributed by atoms with E-state index in [1.54, 1.807) is 0 Å². The Morgan fingerprint density at radius 3 is 2.48 bits per heavy atom. The molecule has 0 aliphatic carbocycles. The van der Waals surface area contributed by atoms with Gasteiger partial charge in [0, 0.05) is 18.5 Å². The normalized spacial score (nSPS) is 11.6. The van der Waals surface area contributed by atoms with Gasteiger partial charge in [-0.25, -0.2) is 0 Å². The highest BCUT2D eigenvalue weighted by molar-refractivity contribution is 5.27. The number of hydrogen-bond acceptors (Lipinski definition) is 5. The lowest BCUT2D eigenvalue weighted by molar-refractivity contribution is 0.285. The zero-order chi connectivity index (χ0) is 15.3. The molecular weight excluding hydrogens is 266 g/mol. The van der Waals surface area contributed by atoms with E-state index in [1.165, 1.54) is 5.56 Å². The summed E-state index contributed by atoms with van der Waals surface area (Å²) in [4.78, 5) is 4.21. The highest BCUT2D eigenvalue weighted by atomic mass is 16.5. The van der Waals surface area contributed by atoms with Crippen molar-refractivity contribution < 1.29 is 9.26 Å². The van der Waals surface area contributed by atoms with E-state index in [4.69, 9.17) is 9.26 Å². The van der Waals surface area contributed by atoms with Crippen LogP contribution in [-0.2, 0) is 19.6 Å². The Bertz CT molecular complexity index is 556. The van der Waals surface area contributed by atoms with Crippen LogP contribution in [0, 0.1) is 0 Å². The summed E-state index contributed by atoms with van der Waals surface area (Å²) in [5, 5.41) is 7.31. The third kappa shape index (κ3) is 5.19.